The van der Waals surface area contributed by atoms with E-state index in [1.165, 1.54) is 7.11 Å². The van der Waals surface area contributed by atoms with E-state index < -0.39 is 26.5 Å². The molecule has 0 radical (unpaired) electrons. The normalized spacial score (nSPS) is 13.6. The van der Waals surface area contributed by atoms with Crippen LogP contribution in [-0.2, 0) is 18.6 Å². The smallest absolute Gasteiger partial charge is 0.469 e. The second kappa shape index (κ2) is 6.00. The van der Waals surface area contributed by atoms with Gasteiger partial charge in [0.1, 0.15) is 0 Å². The van der Waals surface area contributed by atoms with Crippen LogP contribution in [0, 0.1) is 0 Å². The molecule has 14 heavy (non-hydrogen) atoms. The van der Waals surface area contributed by atoms with Gasteiger partial charge in [-0.2, -0.15) is 0 Å². The number of methoxy groups -OCH3 is 1. The van der Waals surface area contributed by atoms with Crippen LogP contribution in [0.25, 0.3) is 0 Å². The van der Waals surface area contributed by atoms with Gasteiger partial charge in [0.2, 0.25) is 0 Å². The van der Waals surface area contributed by atoms with Gasteiger partial charge in [-0.1, -0.05) is 6.58 Å². The van der Waals surface area contributed by atoms with Crippen LogP contribution in [0.15, 0.2) is 12.5 Å². The molecule has 0 aliphatic carbocycles. The quantitative estimate of drug-likeness (QED) is 0.422. The van der Waals surface area contributed by atoms with Crippen molar-refractivity contribution in [2.24, 2.45) is 0 Å². The summed E-state index contributed by atoms with van der Waals surface area (Å²) in [6.07, 6.45) is -0.877. The van der Waals surface area contributed by atoms with Crippen LogP contribution in [0.3, 0.4) is 0 Å². The molecule has 0 aliphatic heterocycles. The SMILES string of the molecule is C=C([O-])O[C@H](COC)COP(=O)(O)O. The van der Waals surface area contributed by atoms with Crippen molar-refractivity contribution in [3.05, 3.63) is 12.5 Å². The van der Waals surface area contributed by atoms with Gasteiger partial charge in [-0.3, -0.25) is 4.52 Å². The van der Waals surface area contributed by atoms with Crippen LogP contribution in [0.2, 0.25) is 0 Å². The zero-order valence-electron chi connectivity index (χ0n) is 7.58. The predicted molar refractivity (Wildman–Crippen MR) is 43.9 cm³/mol. The number of phosphoric acid groups is 1. The first-order valence-corrected chi connectivity index (χ1v) is 5.10. The molecule has 0 rings (SSSR count). The summed E-state index contributed by atoms with van der Waals surface area (Å²) in [7, 11) is -3.21. The average molecular weight is 227 g/mol. The van der Waals surface area contributed by atoms with E-state index in [2.05, 4.69) is 20.6 Å². The summed E-state index contributed by atoms with van der Waals surface area (Å²) in [6.45, 7) is 2.47. The summed E-state index contributed by atoms with van der Waals surface area (Å²) >= 11 is 0. The molecule has 0 aliphatic rings. The third-order valence-electron chi connectivity index (χ3n) is 1.08. The zero-order valence-corrected chi connectivity index (χ0v) is 8.48. The Bertz CT molecular complexity index is 222. The summed E-state index contributed by atoms with van der Waals surface area (Å²) in [5, 5.41) is 10.4. The molecule has 0 saturated heterocycles. The fraction of sp³-hybridized carbons (Fsp3) is 0.667. The van der Waals surface area contributed by atoms with Crippen LogP contribution >= 0.6 is 7.82 Å². The van der Waals surface area contributed by atoms with E-state index in [4.69, 9.17) is 9.79 Å². The molecule has 0 aromatic heterocycles. The lowest BCUT2D eigenvalue weighted by Crippen LogP contribution is -2.27. The first-order valence-electron chi connectivity index (χ1n) is 3.56. The maximum atomic E-state index is 10.4. The average Bonchev–Trinajstić information content (AvgIpc) is 1.98. The van der Waals surface area contributed by atoms with E-state index in [0.717, 1.165) is 0 Å². The summed E-state index contributed by atoms with van der Waals surface area (Å²) < 4.78 is 23.6. The van der Waals surface area contributed by atoms with Gasteiger partial charge in [0, 0.05) is 13.1 Å². The number of rotatable bonds is 7. The van der Waals surface area contributed by atoms with Crippen molar-refractivity contribution >= 4 is 7.82 Å². The first kappa shape index (κ1) is 13.4. The summed E-state index contributed by atoms with van der Waals surface area (Å²) in [6, 6.07) is 0. The molecule has 8 heteroatoms. The number of hydrogen-bond donors (Lipinski definition) is 2. The Kier molecular flexibility index (Phi) is 5.75. The van der Waals surface area contributed by atoms with Crippen LogP contribution < -0.4 is 5.11 Å². The molecule has 2 N–H and O–H groups in total. The van der Waals surface area contributed by atoms with E-state index in [1.54, 1.807) is 0 Å². The van der Waals surface area contributed by atoms with Crippen molar-refractivity contribution in [2.45, 2.75) is 6.10 Å². The Labute approximate surface area is 81.1 Å². The van der Waals surface area contributed by atoms with Crippen LogP contribution in [0.1, 0.15) is 0 Å². The van der Waals surface area contributed by atoms with Gasteiger partial charge in [0.05, 0.1) is 19.3 Å². The Hall–Kier alpha value is -0.590. The molecule has 0 fully saturated rings. The Morgan fingerprint density at radius 2 is 2.14 bits per heavy atom. The summed E-state index contributed by atoms with van der Waals surface area (Å²) in [5.74, 6) is -0.818. The van der Waals surface area contributed by atoms with Crippen molar-refractivity contribution in [3.63, 3.8) is 0 Å². The third kappa shape index (κ3) is 8.03. The van der Waals surface area contributed by atoms with Gasteiger partial charge in [0.15, 0.2) is 0 Å². The molecule has 0 heterocycles. The van der Waals surface area contributed by atoms with Gasteiger partial charge >= 0.3 is 7.82 Å². The van der Waals surface area contributed by atoms with Crippen molar-refractivity contribution < 1.29 is 33.5 Å². The lowest BCUT2D eigenvalue weighted by molar-refractivity contribution is -0.364. The summed E-state index contributed by atoms with van der Waals surface area (Å²) in [4.78, 5) is 16.7. The molecular weight excluding hydrogens is 215 g/mol. The van der Waals surface area contributed by atoms with Crippen molar-refractivity contribution in [2.75, 3.05) is 20.3 Å². The molecule has 84 valence electrons. The van der Waals surface area contributed by atoms with E-state index in [1.807, 2.05) is 0 Å². The van der Waals surface area contributed by atoms with Crippen molar-refractivity contribution in [3.8, 4) is 0 Å². The number of ether oxygens (including phenoxy) is 2. The first-order chi connectivity index (χ1) is 6.35. The number of hydrogen-bond acceptors (Lipinski definition) is 5. The second-order valence-corrected chi connectivity index (χ2v) is 3.59. The fourth-order valence-electron chi connectivity index (χ4n) is 0.668. The summed E-state index contributed by atoms with van der Waals surface area (Å²) in [5.41, 5.74) is 0. The van der Waals surface area contributed by atoms with Gasteiger partial charge in [0.25, 0.3) is 0 Å². The molecule has 0 spiro atoms. The van der Waals surface area contributed by atoms with Crippen LogP contribution in [0.4, 0.5) is 0 Å². The Balaban J connectivity index is 3.96. The zero-order chi connectivity index (χ0) is 11.2. The predicted octanol–water partition coefficient (Wildman–Crippen LogP) is -1.04. The maximum Gasteiger partial charge on any atom is 0.469 e. The highest BCUT2D eigenvalue weighted by Gasteiger charge is 2.16. The highest BCUT2D eigenvalue weighted by atomic mass is 31.2. The van der Waals surface area contributed by atoms with E-state index in [0.29, 0.717) is 0 Å². The third-order valence-corrected chi connectivity index (χ3v) is 1.56. The van der Waals surface area contributed by atoms with Crippen molar-refractivity contribution in [1.29, 1.82) is 0 Å². The van der Waals surface area contributed by atoms with Gasteiger partial charge < -0.3 is 24.4 Å². The van der Waals surface area contributed by atoms with E-state index >= 15 is 0 Å². The minimum atomic E-state index is -4.55. The Morgan fingerprint density at radius 1 is 1.57 bits per heavy atom. The monoisotopic (exact) mass is 227 g/mol. The molecule has 0 amide bonds. The lowest BCUT2D eigenvalue weighted by Gasteiger charge is -2.25. The molecule has 1 atom stereocenters. The largest absolute Gasteiger partial charge is 0.606 e. The number of phosphoric ester groups is 1. The molecule has 0 unspecified atom stereocenters. The van der Waals surface area contributed by atoms with E-state index in [9.17, 15) is 9.67 Å². The highest BCUT2D eigenvalue weighted by molar-refractivity contribution is 7.46. The minimum Gasteiger partial charge on any atom is -0.606 e. The second-order valence-electron chi connectivity index (χ2n) is 2.35. The highest BCUT2D eigenvalue weighted by Crippen LogP contribution is 2.35. The van der Waals surface area contributed by atoms with Crippen LogP contribution in [0.5, 0.6) is 0 Å². The van der Waals surface area contributed by atoms with E-state index in [-0.39, 0.29) is 6.61 Å². The van der Waals surface area contributed by atoms with Gasteiger partial charge in [-0.25, -0.2) is 4.57 Å². The van der Waals surface area contributed by atoms with Gasteiger partial charge in [-0.05, 0) is 0 Å². The van der Waals surface area contributed by atoms with Crippen LogP contribution in [-0.4, -0.2) is 36.2 Å². The maximum absolute atomic E-state index is 10.4. The fourth-order valence-corrected chi connectivity index (χ4v) is 1.03. The molecule has 0 bridgehead atoms. The molecular formula is C6H12O7P-. The Morgan fingerprint density at radius 3 is 2.50 bits per heavy atom. The minimum absolute atomic E-state index is 0.0265. The van der Waals surface area contributed by atoms with Crippen molar-refractivity contribution in [1.82, 2.24) is 0 Å². The lowest BCUT2D eigenvalue weighted by atomic mass is 10.4. The molecule has 0 aromatic carbocycles. The molecule has 7 nitrogen and oxygen atoms in total. The topological polar surface area (TPSA) is 108 Å². The molecule has 0 saturated carbocycles. The van der Waals surface area contributed by atoms with Gasteiger partial charge in [-0.15, -0.1) is 0 Å². The molecule has 0 aromatic rings. The standard InChI is InChI=1S/C6H13O7P/c1-5(7)13-6(3-11-2)4-12-14(8,9)10/h6-7H,1,3-4H2,2H3,(H2,8,9,10)/p-1/t6-/m1/s1.